The van der Waals surface area contributed by atoms with Crippen molar-refractivity contribution >= 4 is 11.9 Å². The maximum absolute atomic E-state index is 12.8. The monoisotopic (exact) mass is 351 g/mol. The first-order valence-electron chi connectivity index (χ1n) is 9.17. The Morgan fingerprint density at radius 2 is 1.85 bits per heavy atom. The van der Waals surface area contributed by atoms with Crippen molar-refractivity contribution in [1.29, 1.82) is 0 Å². The molecule has 1 unspecified atom stereocenters. The van der Waals surface area contributed by atoms with Crippen LogP contribution in [0.4, 0.5) is 0 Å². The lowest BCUT2D eigenvalue weighted by atomic mass is 9.91. The lowest BCUT2D eigenvalue weighted by Crippen LogP contribution is -2.36. The number of carbonyl (C=O) groups is 2. The third-order valence-electron chi connectivity index (χ3n) is 5.28. The van der Waals surface area contributed by atoms with Crippen LogP contribution in [0.3, 0.4) is 0 Å². The summed E-state index contributed by atoms with van der Waals surface area (Å²) in [7, 11) is 0. The molecule has 1 aliphatic rings. The van der Waals surface area contributed by atoms with E-state index in [1.54, 1.807) is 12.1 Å². The second kappa shape index (κ2) is 7.73. The average Bonchev–Trinajstić information content (AvgIpc) is 2.65. The molecule has 0 aromatic heterocycles. The van der Waals surface area contributed by atoms with E-state index >= 15 is 0 Å². The Labute approximate surface area is 154 Å². The lowest BCUT2D eigenvalue weighted by molar-refractivity contribution is -0.132. The molecular weight excluding hydrogens is 326 g/mol. The molecule has 1 aliphatic heterocycles. The highest BCUT2D eigenvalue weighted by atomic mass is 16.4. The predicted molar refractivity (Wildman–Crippen MR) is 101 cm³/mol. The minimum Gasteiger partial charge on any atom is -0.478 e. The van der Waals surface area contributed by atoms with Gasteiger partial charge >= 0.3 is 5.97 Å². The highest BCUT2D eigenvalue weighted by Gasteiger charge is 2.24. The number of nitrogens with zero attached hydrogens (tertiary/aromatic N) is 1. The normalized spacial score (nSPS) is 14.6. The molecule has 0 aliphatic carbocycles. The number of carboxylic acids is 1. The van der Waals surface area contributed by atoms with E-state index in [-0.39, 0.29) is 17.4 Å². The maximum Gasteiger partial charge on any atom is 0.335 e. The van der Waals surface area contributed by atoms with E-state index in [2.05, 4.69) is 38.1 Å². The second-order valence-corrected chi connectivity index (χ2v) is 7.07. The zero-order valence-electron chi connectivity index (χ0n) is 15.4. The van der Waals surface area contributed by atoms with E-state index in [1.807, 2.05) is 11.0 Å². The van der Waals surface area contributed by atoms with Gasteiger partial charge in [-0.05, 0) is 54.5 Å². The largest absolute Gasteiger partial charge is 0.478 e. The number of benzene rings is 2. The van der Waals surface area contributed by atoms with Crippen molar-refractivity contribution in [2.75, 3.05) is 6.54 Å². The minimum atomic E-state index is -0.929. The Morgan fingerprint density at radius 3 is 2.50 bits per heavy atom. The smallest absolute Gasteiger partial charge is 0.335 e. The van der Waals surface area contributed by atoms with Crippen LogP contribution in [0.5, 0.6) is 0 Å². The third kappa shape index (κ3) is 3.96. The fourth-order valence-electron chi connectivity index (χ4n) is 3.58. The molecule has 0 saturated heterocycles. The van der Waals surface area contributed by atoms with Gasteiger partial charge in [0.15, 0.2) is 0 Å². The number of amides is 1. The number of aryl methyl sites for hydroxylation is 1. The van der Waals surface area contributed by atoms with Gasteiger partial charge in [0.2, 0.25) is 5.91 Å². The number of hydrogen-bond acceptors (Lipinski definition) is 2. The van der Waals surface area contributed by atoms with Crippen LogP contribution in [0, 0.1) is 6.92 Å². The van der Waals surface area contributed by atoms with Crippen LogP contribution in [0.2, 0.25) is 0 Å². The van der Waals surface area contributed by atoms with Gasteiger partial charge in [-0.25, -0.2) is 4.79 Å². The van der Waals surface area contributed by atoms with Crippen LogP contribution in [-0.2, 0) is 17.8 Å². The zero-order valence-corrected chi connectivity index (χ0v) is 15.4. The molecule has 2 aromatic rings. The van der Waals surface area contributed by atoms with Gasteiger partial charge in [0, 0.05) is 19.5 Å². The van der Waals surface area contributed by atoms with Crippen LogP contribution in [0.25, 0.3) is 0 Å². The number of hydrogen-bond donors (Lipinski definition) is 1. The van der Waals surface area contributed by atoms with Crippen molar-refractivity contribution in [3.8, 4) is 0 Å². The molecule has 3 rings (SSSR count). The number of carboxylic acid groups (broad SMARTS) is 1. The van der Waals surface area contributed by atoms with Crippen LogP contribution in [-0.4, -0.2) is 28.4 Å². The standard InChI is InChI=1S/C22H25NO3/c1-3-16(17-6-4-15(2)5-7-17)13-21(24)23-11-10-18-8-9-19(22(25)26)12-20(18)14-23/h4-9,12,16H,3,10-11,13-14H2,1-2H3,(H,25,26). The summed E-state index contributed by atoms with van der Waals surface area (Å²) in [6.07, 6.45) is 2.19. The fourth-order valence-corrected chi connectivity index (χ4v) is 3.58. The summed E-state index contributed by atoms with van der Waals surface area (Å²) in [6.45, 7) is 5.37. The summed E-state index contributed by atoms with van der Waals surface area (Å²) in [4.78, 5) is 25.9. The Hall–Kier alpha value is -2.62. The average molecular weight is 351 g/mol. The van der Waals surface area contributed by atoms with Crippen LogP contribution < -0.4 is 0 Å². The zero-order chi connectivity index (χ0) is 18.7. The molecule has 1 atom stereocenters. The molecule has 136 valence electrons. The van der Waals surface area contributed by atoms with Gasteiger partial charge < -0.3 is 10.0 Å². The van der Waals surface area contributed by atoms with Crippen molar-refractivity contribution in [3.63, 3.8) is 0 Å². The summed E-state index contributed by atoms with van der Waals surface area (Å²) >= 11 is 0. The molecule has 1 N–H and O–H groups in total. The van der Waals surface area contributed by atoms with Gasteiger partial charge in [0.1, 0.15) is 0 Å². The molecular formula is C22H25NO3. The molecule has 0 spiro atoms. The number of carbonyl (C=O) groups excluding carboxylic acids is 1. The number of fused-ring (bicyclic) bond motifs is 1. The minimum absolute atomic E-state index is 0.142. The molecule has 4 nitrogen and oxygen atoms in total. The number of rotatable bonds is 5. The molecule has 4 heteroatoms. The SMILES string of the molecule is CCC(CC(=O)N1CCc2ccc(C(=O)O)cc2C1)c1ccc(C)cc1. The van der Waals surface area contributed by atoms with E-state index in [1.165, 1.54) is 11.1 Å². The van der Waals surface area contributed by atoms with Gasteiger partial charge in [0.05, 0.1) is 5.56 Å². The molecule has 26 heavy (non-hydrogen) atoms. The third-order valence-corrected chi connectivity index (χ3v) is 5.28. The molecule has 0 fully saturated rings. The van der Waals surface area contributed by atoms with Crippen molar-refractivity contribution in [2.45, 2.75) is 45.6 Å². The van der Waals surface area contributed by atoms with Crippen LogP contribution in [0.1, 0.15) is 58.3 Å². The summed E-state index contributed by atoms with van der Waals surface area (Å²) in [5, 5.41) is 9.18. The van der Waals surface area contributed by atoms with E-state index in [0.717, 1.165) is 24.0 Å². The van der Waals surface area contributed by atoms with Gasteiger partial charge in [-0.15, -0.1) is 0 Å². The van der Waals surface area contributed by atoms with E-state index in [0.29, 0.717) is 19.5 Å². The molecule has 0 radical (unpaired) electrons. The van der Waals surface area contributed by atoms with Gasteiger partial charge in [-0.2, -0.15) is 0 Å². The molecule has 0 saturated carbocycles. The first-order chi connectivity index (χ1) is 12.5. The Bertz CT molecular complexity index is 811. The topological polar surface area (TPSA) is 57.6 Å². The van der Waals surface area contributed by atoms with Crippen molar-refractivity contribution in [1.82, 2.24) is 4.90 Å². The van der Waals surface area contributed by atoms with Crippen LogP contribution >= 0.6 is 0 Å². The molecule has 0 bridgehead atoms. The first kappa shape index (κ1) is 18.2. The summed E-state index contributed by atoms with van der Waals surface area (Å²) in [5.41, 5.74) is 4.80. The summed E-state index contributed by atoms with van der Waals surface area (Å²) < 4.78 is 0. The molecule has 1 heterocycles. The van der Waals surface area contributed by atoms with Crippen molar-refractivity contribution in [3.05, 3.63) is 70.3 Å². The number of aromatic carboxylic acids is 1. The highest BCUT2D eigenvalue weighted by molar-refractivity contribution is 5.88. The van der Waals surface area contributed by atoms with Crippen molar-refractivity contribution < 1.29 is 14.7 Å². The molecule has 2 aromatic carbocycles. The van der Waals surface area contributed by atoms with Gasteiger partial charge in [0.25, 0.3) is 0 Å². The van der Waals surface area contributed by atoms with Crippen molar-refractivity contribution in [2.24, 2.45) is 0 Å². The lowest BCUT2D eigenvalue weighted by Gasteiger charge is -2.30. The Kier molecular flexibility index (Phi) is 5.40. The summed E-state index contributed by atoms with van der Waals surface area (Å²) in [5.74, 6) is -0.569. The predicted octanol–water partition coefficient (Wildman–Crippen LogP) is 4.16. The van der Waals surface area contributed by atoms with Gasteiger partial charge in [-0.1, -0.05) is 42.8 Å². The van der Waals surface area contributed by atoms with E-state index in [9.17, 15) is 14.7 Å². The van der Waals surface area contributed by atoms with E-state index < -0.39 is 5.97 Å². The quantitative estimate of drug-likeness (QED) is 0.880. The molecule has 1 amide bonds. The van der Waals surface area contributed by atoms with Crippen LogP contribution in [0.15, 0.2) is 42.5 Å². The summed E-state index contributed by atoms with van der Waals surface area (Å²) in [6, 6.07) is 13.6. The Balaban J connectivity index is 1.71. The highest BCUT2D eigenvalue weighted by Crippen LogP contribution is 2.27. The maximum atomic E-state index is 12.8. The fraction of sp³-hybridized carbons (Fsp3) is 0.364. The van der Waals surface area contributed by atoms with E-state index in [4.69, 9.17) is 0 Å². The Morgan fingerprint density at radius 1 is 1.12 bits per heavy atom. The van der Waals surface area contributed by atoms with Gasteiger partial charge in [-0.3, -0.25) is 4.79 Å². The second-order valence-electron chi connectivity index (χ2n) is 7.07. The first-order valence-corrected chi connectivity index (χ1v) is 9.17.